The number of benzene rings is 2. The number of carbonyl (C=O) groups excluding carboxylic acids is 1. The van der Waals surface area contributed by atoms with Gasteiger partial charge in [-0.2, -0.15) is 0 Å². The highest BCUT2D eigenvalue weighted by molar-refractivity contribution is 6.11. The molecule has 5 atom stereocenters. The number of rotatable bonds is 23. The molecule has 0 bridgehead atoms. The van der Waals surface area contributed by atoms with E-state index in [9.17, 15) is 9.90 Å². The summed E-state index contributed by atoms with van der Waals surface area (Å²) in [4.78, 5) is 14.6. The van der Waals surface area contributed by atoms with Gasteiger partial charge in [0.25, 0.3) is 0 Å². The Labute approximate surface area is 291 Å². The minimum Gasteiger partial charge on any atom is -0.504 e. The average molecular weight is 645 g/mol. The lowest BCUT2D eigenvalue weighted by Gasteiger charge is -2.26. The van der Waals surface area contributed by atoms with Gasteiger partial charge in [0.1, 0.15) is 0 Å². The standard InChI is InChI=1S/C45H72O2/c1-11-16-21-32(6)37-26-27-40(34(8)23-18-13-3)39(28-37)31-43(46)45(47)42-30-38(33(7)22-17-12-2)29-41(35(9)24-19-14-4)44(42)36(10)25-20-15-5/h26-36,46H,11-25H2,1-10H3/b43-31-. The number of ketones is 1. The molecule has 0 saturated heterocycles. The number of aliphatic hydroxyl groups is 1. The second kappa shape index (κ2) is 21.6. The van der Waals surface area contributed by atoms with Crippen molar-refractivity contribution in [3.8, 4) is 0 Å². The van der Waals surface area contributed by atoms with Crippen LogP contribution in [0.25, 0.3) is 6.08 Å². The predicted octanol–water partition coefficient (Wildman–Crippen LogP) is 14.9. The number of carbonyl (C=O) groups is 1. The summed E-state index contributed by atoms with van der Waals surface area (Å²) in [5, 5.41) is 11.8. The second-order valence-electron chi connectivity index (χ2n) is 15.0. The minimum absolute atomic E-state index is 0.123. The average Bonchev–Trinajstić information content (AvgIpc) is 3.08. The van der Waals surface area contributed by atoms with Gasteiger partial charge in [-0.3, -0.25) is 4.79 Å². The van der Waals surface area contributed by atoms with E-state index < -0.39 is 0 Å². The monoisotopic (exact) mass is 645 g/mol. The maximum Gasteiger partial charge on any atom is 0.227 e. The number of hydrogen-bond acceptors (Lipinski definition) is 2. The number of Topliss-reactive ketones (excluding diaryl/α,β-unsaturated/α-hetero) is 1. The summed E-state index contributed by atoms with van der Waals surface area (Å²) in [6.45, 7) is 22.8. The van der Waals surface area contributed by atoms with Crippen LogP contribution in [0.1, 0.15) is 239 Å². The van der Waals surface area contributed by atoms with Crippen molar-refractivity contribution < 1.29 is 9.90 Å². The smallest absolute Gasteiger partial charge is 0.227 e. The molecule has 2 aromatic carbocycles. The first-order valence-electron chi connectivity index (χ1n) is 19.8. The van der Waals surface area contributed by atoms with Crippen LogP contribution < -0.4 is 0 Å². The lowest BCUT2D eigenvalue weighted by Crippen LogP contribution is -2.15. The Morgan fingerprint density at radius 3 is 1.53 bits per heavy atom. The molecule has 0 fully saturated rings. The Balaban J connectivity index is 2.79. The molecule has 0 aliphatic rings. The summed E-state index contributed by atoms with van der Waals surface area (Å²) in [7, 11) is 0. The van der Waals surface area contributed by atoms with Gasteiger partial charge in [0.15, 0.2) is 5.76 Å². The van der Waals surface area contributed by atoms with Gasteiger partial charge in [-0.05, 0) is 107 Å². The number of unbranched alkanes of at least 4 members (excludes halogenated alkanes) is 5. The Morgan fingerprint density at radius 1 is 0.574 bits per heavy atom. The summed E-state index contributed by atoms with van der Waals surface area (Å²) >= 11 is 0. The molecule has 47 heavy (non-hydrogen) atoms. The molecule has 0 saturated carbocycles. The molecule has 2 heteroatoms. The first kappa shape index (κ1) is 40.8. The van der Waals surface area contributed by atoms with Crippen LogP contribution in [0.5, 0.6) is 0 Å². The lowest BCUT2D eigenvalue weighted by molar-refractivity contribution is 0.0978. The second-order valence-corrected chi connectivity index (χ2v) is 15.0. The molecule has 0 spiro atoms. The van der Waals surface area contributed by atoms with Crippen LogP contribution >= 0.6 is 0 Å². The van der Waals surface area contributed by atoms with Gasteiger partial charge in [0.2, 0.25) is 5.78 Å². The molecule has 5 unspecified atom stereocenters. The summed E-state index contributed by atoms with van der Waals surface area (Å²) in [5.41, 5.74) is 8.02. The maximum atomic E-state index is 14.6. The molecule has 2 aromatic rings. The summed E-state index contributed by atoms with van der Waals surface area (Å²) < 4.78 is 0. The Bertz CT molecular complexity index is 1240. The van der Waals surface area contributed by atoms with Crippen LogP contribution in [-0.2, 0) is 0 Å². The summed E-state index contributed by atoms with van der Waals surface area (Å²) in [5.74, 6) is 1.47. The van der Waals surface area contributed by atoms with Crippen molar-refractivity contribution >= 4 is 11.9 Å². The third kappa shape index (κ3) is 12.2. The first-order chi connectivity index (χ1) is 22.5. The van der Waals surface area contributed by atoms with Crippen molar-refractivity contribution in [1.82, 2.24) is 0 Å². The van der Waals surface area contributed by atoms with E-state index in [1.54, 1.807) is 0 Å². The fourth-order valence-electron chi connectivity index (χ4n) is 7.29. The topological polar surface area (TPSA) is 37.3 Å². The van der Waals surface area contributed by atoms with E-state index in [0.717, 1.165) is 62.5 Å². The van der Waals surface area contributed by atoms with Gasteiger partial charge in [-0.25, -0.2) is 0 Å². The van der Waals surface area contributed by atoms with Crippen LogP contribution in [-0.4, -0.2) is 10.9 Å². The number of aliphatic hydroxyl groups excluding tert-OH is 1. The SMILES string of the molecule is CCCCC(C)c1ccc(C(C)CCCC)c(/C=C(\O)C(=O)c2cc(C(C)CCCC)cc(C(C)CCCC)c2C(C)CCCC)c1. The third-order valence-corrected chi connectivity index (χ3v) is 10.8. The number of allylic oxidation sites excluding steroid dienone is 1. The van der Waals surface area contributed by atoms with Crippen molar-refractivity contribution in [2.24, 2.45) is 0 Å². The summed E-state index contributed by atoms with van der Waals surface area (Å²) in [6, 6.07) is 11.4. The van der Waals surface area contributed by atoms with Crippen LogP contribution in [0, 0.1) is 0 Å². The molecule has 264 valence electrons. The first-order valence-corrected chi connectivity index (χ1v) is 19.8. The zero-order valence-electron chi connectivity index (χ0n) is 32.3. The van der Waals surface area contributed by atoms with E-state index in [1.165, 1.54) is 72.8 Å². The van der Waals surface area contributed by atoms with Gasteiger partial charge in [0.05, 0.1) is 0 Å². The normalized spacial score (nSPS) is 15.3. The van der Waals surface area contributed by atoms with Crippen LogP contribution in [0.4, 0.5) is 0 Å². The van der Waals surface area contributed by atoms with E-state index >= 15 is 0 Å². The van der Waals surface area contributed by atoms with E-state index in [4.69, 9.17) is 0 Å². The fourth-order valence-corrected chi connectivity index (χ4v) is 7.29. The van der Waals surface area contributed by atoms with Crippen molar-refractivity contribution in [2.45, 2.75) is 195 Å². The van der Waals surface area contributed by atoms with E-state index in [0.29, 0.717) is 23.7 Å². The van der Waals surface area contributed by atoms with Gasteiger partial charge >= 0.3 is 0 Å². The van der Waals surface area contributed by atoms with Crippen molar-refractivity contribution in [3.63, 3.8) is 0 Å². The van der Waals surface area contributed by atoms with Gasteiger partial charge in [0, 0.05) is 5.56 Å². The highest BCUT2D eigenvalue weighted by Gasteiger charge is 2.27. The molecular weight excluding hydrogens is 572 g/mol. The highest BCUT2D eigenvalue weighted by Crippen LogP contribution is 2.39. The number of hydrogen-bond donors (Lipinski definition) is 1. The maximum absolute atomic E-state index is 14.6. The van der Waals surface area contributed by atoms with Crippen LogP contribution in [0.3, 0.4) is 0 Å². The van der Waals surface area contributed by atoms with Crippen molar-refractivity contribution in [3.05, 3.63) is 75.0 Å². The molecule has 0 amide bonds. The molecule has 0 aliphatic heterocycles. The van der Waals surface area contributed by atoms with Crippen molar-refractivity contribution in [1.29, 1.82) is 0 Å². The largest absolute Gasteiger partial charge is 0.504 e. The molecule has 0 heterocycles. The van der Waals surface area contributed by atoms with E-state index in [1.807, 2.05) is 6.08 Å². The molecule has 2 rings (SSSR count). The highest BCUT2D eigenvalue weighted by atomic mass is 16.3. The van der Waals surface area contributed by atoms with E-state index in [-0.39, 0.29) is 17.5 Å². The van der Waals surface area contributed by atoms with Crippen LogP contribution in [0.2, 0.25) is 0 Å². The molecule has 1 N–H and O–H groups in total. The Morgan fingerprint density at radius 2 is 1.02 bits per heavy atom. The zero-order valence-corrected chi connectivity index (χ0v) is 32.3. The summed E-state index contributed by atoms with van der Waals surface area (Å²) in [6.07, 6.45) is 19.0. The Hall–Kier alpha value is -2.35. The molecule has 2 nitrogen and oxygen atoms in total. The minimum atomic E-state index is -0.214. The van der Waals surface area contributed by atoms with Gasteiger partial charge < -0.3 is 5.11 Å². The van der Waals surface area contributed by atoms with Crippen LogP contribution in [0.15, 0.2) is 36.1 Å². The zero-order chi connectivity index (χ0) is 34.9. The molecular formula is C45H72O2. The van der Waals surface area contributed by atoms with E-state index in [2.05, 4.69) is 99.6 Å². The quantitative estimate of drug-likeness (QED) is 0.0742. The molecule has 0 aromatic heterocycles. The lowest BCUT2D eigenvalue weighted by atomic mass is 9.78. The third-order valence-electron chi connectivity index (χ3n) is 10.8. The predicted molar refractivity (Wildman–Crippen MR) is 208 cm³/mol. The molecule has 0 aliphatic carbocycles. The van der Waals surface area contributed by atoms with Crippen molar-refractivity contribution in [2.75, 3.05) is 0 Å². The Kier molecular flexibility index (Phi) is 18.7. The molecule has 0 radical (unpaired) electrons. The fraction of sp³-hybridized carbons (Fsp3) is 0.667. The van der Waals surface area contributed by atoms with Gasteiger partial charge in [-0.15, -0.1) is 0 Å². The van der Waals surface area contributed by atoms with Gasteiger partial charge in [-0.1, -0.05) is 158 Å².